The average molecular weight is 414 g/mol. The Morgan fingerprint density at radius 2 is 1.45 bits per heavy atom. The Morgan fingerprint density at radius 1 is 0.774 bits per heavy atom. The van der Waals surface area contributed by atoms with Crippen molar-refractivity contribution in [1.82, 2.24) is 4.90 Å². The summed E-state index contributed by atoms with van der Waals surface area (Å²) >= 11 is 0. The minimum atomic E-state index is -0.384. The lowest BCUT2D eigenvalue weighted by Gasteiger charge is -2.16. The lowest BCUT2D eigenvalue weighted by Crippen LogP contribution is -2.32. The molecule has 1 aliphatic heterocycles. The number of nitrogens with one attached hydrogen (secondary N) is 1. The lowest BCUT2D eigenvalue weighted by molar-refractivity contribution is -0.137. The van der Waals surface area contributed by atoms with Gasteiger partial charge in [0.05, 0.1) is 32.0 Å². The first-order valence-corrected chi connectivity index (χ1v) is 9.81. The van der Waals surface area contributed by atoms with Gasteiger partial charge in [-0.3, -0.25) is 14.5 Å². The van der Waals surface area contributed by atoms with Crippen molar-refractivity contribution in [3.63, 3.8) is 0 Å². The minimum absolute atomic E-state index is 0.162. The van der Waals surface area contributed by atoms with Crippen LogP contribution in [0.1, 0.15) is 11.1 Å². The van der Waals surface area contributed by atoms with Crippen molar-refractivity contribution in [1.29, 1.82) is 0 Å². The van der Waals surface area contributed by atoms with Crippen molar-refractivity contribution >= 4 is 23.1 Å². The standard InChI is InChI=1S/C25H22N2O4/c1-30-19-14-12-17(13-15-19)16-27-24(28)22(18-8-4-3-5-9-18)23(25(27)29)26-20-10-6-7-11-21(20)31-2/h3-15,26H,16H2,1-2H3. The normalized spacial score (nSPS) is 13.5. The van der Waals surface area contributed by atoms with Crippen LogP contribution in [0.3, 0.4) is 0 Å². The van der Waals surface area contributed by atoms with Gasteiger partial charge in [-0.25, -0.2) is 0 Å². The number of imide groups is 1. The van der Waals surface area contributed by atoms with E-state index >= 15 is 0 Å². The van der Waals surface area contributed by atoms with Crippen molar-refractivity contribution in [2.45, 2.75) is 6.54 Å². The van der Waals surface area contributed by atoms with Crippen molar-refractivity contribution in [2.75, 3.05) is 19.5 Å². The van der Waals surface area contributed by atoms with Crippen LogP contribution in [0.15, 0.2) is 84.6 Å². The number of anilines is 1. The van der Waals surface area contributed by atoms with E-state index in [0.29, 0.717) is 28.3 Å². The first-order chi connectivity index (χ1) is 15.1. The molecule has 0 aromatic heterocycles. The van der Waals surface area contributed by atoms with E-state index in [4.69, 9.17) is 9.47 Å². The molecule has 0 saturated heterocycles. The van der Waals surface area contributed by atoms with Gasteiger partial charge < -0.3 is 14.8 Å². The molecule has 0 radical (unpaired) electrons. The van der Waals surface area contributed by atoms with E-state index in [0.717, 1.165) is 5.56 Å². The topological polar surface area (TPSA) is 67.9 Å². The predicted molar refractivity (Wildman–Crippen MR) is 119 cm³/mol. The molecule has 1 N–H and O–H groups in total. The highest BCUT2D eigenvalue weighted by molar-refractivity contribution is 6.36. The zero-order chi connectivity index (χ0) is 21.8. The molecular formula is C25H22N2O4. The first kappa shape index (κ1) is 20.2. The summed E-state index contributed by atoms with van der Waals surface area (Å²) in [4.78, 5) is 28.0. The maximum atomic E-state index is 13.4. The van der Waals surface area contributed by atoms with Crippen LogP contribution in [0, 0.1) is 0 Å². The first-order valence-electron chi connectivity index (χ1n) is 9.81. The minimum Gasteiger partial charge on any atom is -0.497 e. The SMILES string of the molecule is COc1ccc(CN2C(=O)C(Nc3ccccc3OC)=C(c3ccccc3)C2=O)cc1. The molecule has 6 nitrogen and oxygen atoms in total. The number of hydrogen-bond donors (Lipinski definition) is 1. The van der Waals surface area contributed by atoms with Gasteiger partial charge in [0.25, 0.3) is 11.8 Å². The highest BCUT2D eigenvalue weighted by Gasteiger charge is 2.39. The van der Waals surface area contributed by atoms with E-state index in [-0.39, 0.29) is 24.1 Å². The Morgan fingerprint density at radius 3 is 2.13 bits per heavy atom. The van der Waals surface area contributed by atoms with Gasteiger partial charge in [0.15, 0.2) is 0 Å². The fraction of sp³-hybridized carbons (Fsp3) is 0.120. The summed E-state index contributed by atoms with van der Waals surface area (Å²) in [6, 6.07) is 23.8. The van der Waals surface area contributed by atoms with E-state index in [9.17, 15) is 9.59 Å². The third kappa shape index (κ3) is 4.00. The molecule has 0 spiro atoms. The number of nitrogens with zero attached hydrogens (tertiary/aromatic N) is 1. The van der Waals surface area contributed by atoms with Crippen LogP contribution in [-0.4, -0.2) is 30.9 Å². The summed E-state index contributed by atoms with van der Waals surface area (Å²) in [5, 5.41) is 3.15. The number of carbonyl (C=O) groups excluding carboxylic acids is 2. The monoisotopic (exact) mass is 414 g/mol. The number of ether oxygens (including phenoxy) is 2. The fourth-order valence-electron chi connectivity index (χ4n) is 3.50. The van der Waals surface area contributed by atoms with Crippen LogP contribution in [0.2, 0.25) is 0 Å². The number of amides is 2. The number of hydrogen-bond acceptors (Lipinski definition) is 5. The van der Waals surface area contributed by atoms with Crippen LogP contribution < -0.4 is 14.8 Å². The third-order valence-electron chi connectivity index (χ3n) is 5.10. The van der Waals surface area contributed by atoms with E-state index in [1.165, 1.54) is 4.90 Å². The summed E-state index contributed by atoms with van der Waals surface area (Å²) in [5.74, 6) is 0.565. The summed E-state index contributed by atoms with van der Waals surface area (Å²) in [5.41, 5.74) is 2.68. The van der Waals surface area contributed by atoms with Gasteiger partial charge in [-0.2, -0.15) is 0 Å². The summed E-state index contributed by atoms with van der Waals surface area (Å²) in [6.07, 6.45) is 0. The van der Waals surface area contributed by atoms with Gasteiger partial charge in [-0.1, -0.05) is 54.6 Å². The van der Waals surface area contributed by atoms with E-state index in [2.05, 4.69) is 5.32 Å². The largest absolute Gasteiger partial charge is 0.497 e. The molecule has 0 aliphatic carbocycles. The molecule has 1 aliphatic rings. The highest BCUT2D eigenvalue weighted by Crippen LogP contribution is 2.34. The Kier molecular flexibility index (Phi) is 5.71. The average Bonchev–Trinajstić information content (AvgIpc) is 3.04. The molecule has 0 fully saturated rings. The van der Waals surface area contributed by atoms with Gasteiger partial charge in [0.1, 0.15) is 17.2 Å². The second-order valence-corrected chi connectivity index (χ2v) is 6.99. The van der Waals surface area contributed by atoms with Gasteiger partial charge in [0, 0.05) is 0 Å². The number of rotatable bonds is 7. The highest BCUT2D eigenvalue weighted by atomic mass is 16.5. The van der Waals surface area contributed by atoms with Crippen molar-refractivity contribution in [2.24, 2.45) is 0 Å². The van der Waals surface area contributed by atoms with Crippen LogP contribution >= 0.6 is 0 Å². The summed E-state index contributed by atoms with van der Waals surface area (Å²) < 4.78 is 10.6. The number of carbonyl (C=O) groups is 2. The maximum absolute atomic E-state index is 13.4. The summed E-state index contributed by atoms with van der Waals surface area (Å²) in [6.45, 7) is 0.162. The zero-order valence-electron chi connectivity index (χ0n) is 17.3. The molecule has 0 bridgehead atoms. The van der Waals surface area contributed by atoms with Gasteiger partial charge in [0.2, 0.25) is 0 Å². The molecule has 3 aromatic rings. The molecule has 1 heterocycles. The van der Waals surface area contributed by atoms with Gasteiger partial charge in [-0.15, -0.1) is 0 Å². The molecule has 31 heavy (non-hydrogen) atoms. The molecule has 0 unspecified atom stereocenters. The predicted octanol–water partition coefficient (Wildman–Crippen LogP) is 4.10. The molecule has 4 rings (SSSR count). The van der Waals surface area contributed by atoms with Crippen molar-refractivity contribution < 1.29 is 19.1 Å². The molecule has 0 saturated carbocycles. The van der Waals surface area contributed by atoms with Gasteiger partial charge >= 0.3 is 0 Å². The Hall–Kier alpha value is -4.06. The quantitative estimate of drug-likeness (QED) is 0.590. The number of benzene rings is 3. The van der Waals surface area contributed by atoms with Crippen LogP contribution in [0.5, 0.6) is 11.5 Å². The third-order valence-corrected chi connectivity index (χ3v) is 5.10. The number of methoxy groups -OCH3 is 2. The van der Waals surface area contributed by atoms with E-state index in [1.807, 2.05) is 54.6 Å². The van der Waals surface area contributed by atoms with Crippen molar-refractivity contribution in [3.8, 4) is 11.5 Å². The molecule has 3 aromatic carbocycles. The molecular weight excluding hydrogens is 392 g/mol. The smallest absolute Gasteiger partial charge is 0.278 e. The van der Waals surface area contributed by atoms with Crippen LogP contribution in [0.4, 0.5) is 5.69 Å². The van der Waals surface area contributed by atoms with Crippen LogP contribution in [0.25, 0.3) is 5.57 Å². The number of para-hydroxylation sites is 2. The molecule has 0 atom stereocenters. The molecule has 2 amide bonds. The second kappa shape index (κ2) is 8.75. The fourth-order valence-corrected chi connectivity index (χ4v) is 3.50. The van der Waals surface area contributed by atoms with Crippen molar-refractivity contribution in [3.05, 3.63) is 95.7 Å². The van der Waals surface area contributed by atoms with E-state index < -0.39 is 0 Å². The van der Waals surface area contributed by atoms with E-state index in [1.54, 1.807) is 38.5 Å². The second-order valence-electron chi connectivity index (χ2n) is 6.99. The zero-order valence-corrected chi connectivity index (χ0v) is 17.3. The molecule has 6 heteroatoms. The Labute approximate surface area is 180 Å². The molecule has 156 valence electrons. The van der Waals surface area contributed by atoms with Crippen LogP contribution in [-0.2, 0) is 16.1 Å². The Balaban J connectivity index is 1.71. The van der Waals surface area contributed by atoms with Gasteiger partial charge in [-0.05, 0) is 35.4 Å². The summed E-state index contributed by atoms with van der Waals surface area (Å²) in [7, 11) is 3.15. The lowest BCUT2D eigenvalue weighted by atomic mass is 10.0. The maximum Gasteiger partial charge on any atom is 0.278 e. The Bertz CT molecular complexity index is 1140.